The minimum absolute atomic E-state index is 0.363. The Hall–Kier alpha value is -3.60. The van der Waals surface area contributed by atoms with Crippen LogP contribution < -0.4 is 5.32 Å². The molecule has 0 spiro atoms. The number of carbonyl (C=O) groups is 2. The van der Waals surface area contributed by atoms with Gasteiger partial charge in [0.1, 0.15) is 0 Å². The van der Waals surface area contributed by atoms with Gasteiger partial charge in [-0.2, -0.15) is 18.4 Å². The van der Waals surface area contributed by atoms with Gasteiger partial charge >= 0.3 is 12.1 Å². The number of carbonyl (C=O) groups excluding carboxylic acids is 2. The van der Waals surface area contributed by atoms with Crippen LogP contribution in [0.3, 0.4) is 0 Å². The van der Waals surface area contributed by atoms with Gasteiger partial charge in [0.05, 0.1) is 17.2 Å². The van der Waals surface area contributed by atoms with Crippen molar-refractivity contribution in [3.63, 3.8) is 0 Å². The molecule has 0 radical (unpaired) electrons. The summed E-state index contributed by atoms with van der Waals surface area (Å²) < 4.78 is 42.5. The third-order valence-electron chi connectivity index (χ3n) is 3.57. The predicted octanol–water partition coefficient (Wildman–Crippen LogP) is 4.16. The number of rotatable bonds is 5. The quantitative estimate of drug-likeness (QED) is 0.616. The zero-order chi connectivity index (χ0) is 20.7. The first-order chi connectivity index (χ1) is 13.2. The van der Waals surface area contributed by atoms with Crippen LogP contribution in [0.2, 0.25) is 0 Å². The fraction of sp³-hybridized carbons (Fsp3) is 0.150. The third-order valence-corrected chi connectivity index (χ3v) is 3.57. The molecule has 0 saturated heterocycles. The summed E-state index contributed by atoms with van der Waals surface area (Å²) >= 11 is 0. The van der Waals surface area contributed by atoms with Gasteiger partial charge in [-0.15, -0.1) is 0 Å². The highest BCUT2D eigenvalue weighted by atomic mass is 19.4. The number of ether oxygens (including phenoxy) is 1. The maximum absolute atomic E-state index is 12.5. The smallest absolute Gasteiger partial charge is 0.416 e. The molecule has 0 heterocycles. The molecule has 0 aliphatic rings. The molecule has 0 aromatic heterocycles. The van der Waals surface area contributed by atoms with Gasteiger partial charge in [-0.1, -0.05) is 18.2 Å². The molecule has 1 amide bonds. The van der Waals surface area contributed by atoms with Gasteiger partial charge in [-0.3, -0.25) is 4.79 Å². The second kappa shape index (κ2) is 8.86. The summed E-state index contributed by atoms with van der Waals surface area (Å²) in [5, 5.41) is 11.4. The van der Waals surface area contributed by atoms with Gasteiger partial charge in [0, 0.05) is 11.8 Å². The number of esters is 1. The highest BCUT2D eigenvalue weighted by Gasteiger charge is 2.29. The topological polar surface area (TPSA) is 79.2 Å². The van der Waals surface area contributed by atoms with Crippen LogP contribution in [0.15, 0.2) is 54.6 Å². The molecule has 1 unspecified atom stereocenters. The van der Waals surface area contributed by atoms with Crippen molar-refractivity contribution in [2.75, 3.05) is 5.32 Å². The molecule has 2 aromatic rings. The van der Waals surface area contributed by atoms with Crippen molar-refractivity contribution >= 4 is 23.6 Å². The Bertz CT molecular complexity index is 929. The molecule has 28 heavy (non-hydrogen) atoms. The first-order valence-electron chi connectivity index (χ1n) is 8.06. The number of amides is 1. The van der Waals surface area contributed by atoms with E-state index in [9.17, 15) is 22.8 Å². The Morgan fingerprint density at radius 3 is 2.46 bits per heavy atom. The summed E-state index contributed by atoms with van der Waals surface area (Å²) in [6.07, 6.45) is -3.25. The van der Waals surface area contributed by atoms with Crippen molar-refractivity contribution in [3.8, 4) is 6.07 Å². The van der Waals surface area contributed by atoms with E-state index in [1.807, 2.05) is 6.07 Å². The van der Waals surface area contributed by atoms with E-state index >= 15 is 0 Å². The normalized spacial score (nSPS) is 12.2. The highest BCUT2D eigenvalue weighted by molar-refractivity contribution is 5.96. The molecule has 0 aliphatic heterocycles. The SMILES string of the molecule is CC(OC(=O)C=Cc1ccc(C(F)(F)F)cc1)C(=O)Nc1cccc(C#N)c1. The standard InChI is InChI=1S/C20H15F3N2O3/c1-13(19(27)25-17-4-2-3-15(11-17)12-24)28-18(26)10-7-14-5-8-16(9-6-14)20(21,22)23/h2-11,13H,1H3,(H,25,27). The molecule has 5 nitrogen and oxygen atoms in total. The van der Waals surface area contributed by atoms with Gasteiger partial charge in [0.25, 0.3) is 5.91 Å². The maximum Gasteiger partial charge on any atom is 0.416 e. The molecule has 0 fully saturated rings. The molecule has 2 aromatic carbocycles. The van der Waals surface area contributed by atoms with E-state index in [-0.39, 0.29) is 0 Å². The largest absolute Gasteiger partial charge is 0.449 e. The average molecular weight is 388 g/mol. The summed E-state index contributed by atoms with van der Waals surface area (Å²) in [5.41, 5.74) is 0.322. The molecule has 144 valence electrons. The third kappa shape index (κ3) is 5.99. The molecular weight excluding hydrogens is 373 g/mol. The lowest BCUT2D eigenvalue weighted by atomic mass is 10.1. The minimum Gasteiger partial charge on any atom is -0.449 e. The number of hydrogen-bond donors (Lipinski definition) is 1. The van der Waals surface area contributed by atoms with E-state index < -0.39 is 29.7 Å². The summed E-state index contributed by atoms with van der Waals surface area (Å²) in [5.74, 6) is -1.42. The molecule has 8 heteroatoms. The van der Waals surface area contributed by atoms with Gasteiger partial charge in [-0.05, 0) is 48.9 Å². The first kappa shape index (κ1) is 20.7. The zero-order valence-corrected chi connectivity index (χ0v) is 14.7. The van der Waals surface area contributed by atoms with Crippen molar-refractivity contribution in [1.82, 2.24) is 0 Å². The molecule has 1 atom stereocenters. The second-order valence-electron chi connectivity index (χ2n) is 5.71. The van der Waals surface area contributed by atoms with E-state index in [1.54, 1.807) is 18.2 Å². The van der Waals surface area contributed by atoms with Crippen molar-refractivity contribution in [2.24, 2.45) is 0 Å². The fourth-order valence-electron chi connectivity index (χ4n) is 2.12. The molecular formula is C20H15F3N2O3. The number of alkyl halides is 3. The number of nitriles is 1. The number of nitrogens with one attached hydrogen (secondary N) is 1. The summed E-state index contributed by atoms with van der Waals surface area (Å²) in [6.45, 7) is 1.37. The van der Waals surface area contributed by atoms with Crippen molar-refractivity contribution in [1.29, 1.82) is 5.26 Å². The number of nitrogens with zero attached hydrogens (tertiary/aromatic N) is 1. The summed E-state index contributed by atoms with van der Waals surface area (Å²) in [4.78, 5) is 23.8. The van der Waals surface area contributed by atoms with E-state index in [1.165, 1.54) is 31.2 Å². The highest BCUT2D eigenvalue weighted by Crippen LogP contribution is 2.29. The van der Waals surface area contributed by atoms with Gasteiger partial charge in [-0.25, -0.2) is 4.79 Å². The van der Waals surface area contributed by atoms with Crippen LogP contribution in [0.1, 0.15) is 23.6 Å². The lowest BCUT2D eigenvalue weighted by Gasteiger charge is -2.12. The molecule has 2 rings (SSSR count). The lowest BCUT2D eigenvalue weighted by Crippen LogP contribution is -2.29. The van der Waals surface area contributed by atoms with Crippen LogP contribution in [0.5, 0.6) is 0 Å². The van der Waals surface area contributed by atoms with Crippen LogP contribution in [-0.4, -0.2) is 18.0 Å². The number of benzene rings is 2. The second-order valence-corrected chi connectivity index (χ2v) is 5.71. The Kier molecular flexibility index (Phi) is 6.55. The number of anilines is 1. The van der Waals surface area contributed by atoms with Crippen LogP contribution in [-0.2, 0) is 20.5 Å². The summed E-state index contributed by atoms with van der Waals surface area (Å²) in [7, 11) is 0. The predicted molar refractivity (Wildman–Crippen MR) is 95.8 cm³/mol. The van der Waals surface area contributed by atoms with Crippen LogP contribution in [0.25, 0.3) is 6.08 Å². The van der Waals surface area contributed by atoms with E-state index in [2.05, 4.69) is 5.32 Å². The Balaban J connectivity index is 1.91. The Morgan fingerprint density at radius 1 is 1.18 bits per heavy atom. The van der Waals surface area contributed by atoms with Crippen LogP contribution in [0.4, 0.5) is 18.9 Å². The van der Waals surface area contributed by atoms with Crippen molar-refractivity contribution in [3.05, 3.63) is 71.3 Å². The van der Waals surface area contributed by atoms with Gasteiger partial charge < -0.3 is 10.1 Å². The van der Waals surface area contributed by atoms with E-state index in [4.69, 9.17) is 10.00 Å². The van der Waals surface area contributed by atoms with Gasteiger partial charge in [0.15, 0.2) is 6.10 Å². The van der Waals surface area contributed by atoms with Crippen molar-refractivity contribution < 1.29 is 27.5 Å². The Labute approximate surface area is 159 Å². The molecule has 0 saturated carbocycles. The molecule has 0 bridgehead atoms. The van der Waals surface area contributed by atoms with Crippen molar-refractivity contribution in [2.45, 2.75) is 19.2 Å². The minimum atomic E-state index is -4.43. The van der Waals surface area contributed by atoms with Crippen LogP contribution >= 0.6 is 0 Å². The molecule has 1 N–H and O–H groups in total. The van der Waals surface area contributed by atoms with E-state index in [0.29, 0.717) is 16.8 Å². The fourth-order valence-corrected chi connectivity index (χ4v) is 2.12. The number of halogens is 3. The summed E-state index contributed by atoms with van der Waals surface area (Å²) in [6, 6.07) is 12.4. The lowest BCUT2D eigenvalue weighted by molar-refractivity contribution is -0.148. The zero-order valence-electron chi connectivity index (χ0n) is 14.7. The maximum atomic E-state index is 12.5. The monoisotopic (exact) mass is 388 g/mol. The molecule has 0 aliphatic carbocycles. The van der Waals surface area contributed by atoms with Gasteiger partial charge in [0.2, 0.25) is 0 Å². The Morgan fingerprint density at radius 2 is 1.86 bits per heavy atom. The number of hydrogen-bond acceptors (Lipinski definition) is 4. The van der Waals surface area contributed by atoms with Crippen LogP contribution in [0, 0.1) is 11.3 Å². The van der Waals surface area contributed by atoms with E-state index in [0.717, 1.165) is 18.2 Å². The average Bonchev–Trinajstić information content (AvgIpc) is 2.66. The first-order valence-corrected chi connectivity index (χ1v) is 8.06.